The average Bonchev–Trinajstić information content (AvgIpc) is 2.26. The minimum atomic E-state index is -0.306. The van der Waals surface area contributed by atoms with Crippen molar-refractivity contribution in [1.29, 1.82) is 0 Å². The number of carbonyl (C=O) groups is 1. The predicted molar refractivity (Wildman–Crippen MR) is 67.5 cm³/mol. The van der Waals surface area contributed by atoms with E-state index < -0.39 is 0 Å². The molecule has 0 spiro atoms. The Labute approximate surface area is 100 Å². The second-order valence-corrected chi connectivity index (χ2v) is 5.61. The van der Waals surface area contributed by atoms with Gasteiger partial charge in [-0.15, -0.1) is 0 Å². The summed E-state index contributed by atoms with van der Waals surface area (Å²) in [6, 6.07) is 5.74. The molecule has 1 nitrogen and oxygen atoms in total. The highest BCUT2D eigenvalue weighted by molar-refractivity contribution is 8.00. The quantitative estimate of drug-likeness (QED) is 0.728. The summed E-state index contributed by atoms with van der Waals surface area (Å²) in [4.78, 5) is 11.9. The summed E-state index contributed by atoms with van der Waals surface area (Å²) in [6.45, 7) is 6.16. The number of thioether (sulfide) groups is 1. The fourth-order valence-electron chi connectivity index (χ4n) is 1.26. The van der Waals surface area contributed by atoms with Gasteiger partial charge in [0.25, 0.3) is 0 Å². The summed E-state index contributed by atoms with van der Waals surface area (Å²) in [5, 5.41) is -0.0622. The number of rotatable bonds is 5. The first-order valence-electron chi connectivity index (χ1n) is 5.42. The van der Waals surface area contributed by atoms with Gasteiger partial charge in [-0.1, -0.05) is 13.8 Å². The normalized spacial score (nSPS) is 12.8. The Morgan fingerprint density at radius 1 is 1.25 bits per heavy atom. The molecule has 0 radical (unpaired) electrons. The van der Waals surface area contributed by atoms with Crippen LogP contribution in [0.5, 0.6) is 0 Å². The van der Waals surface area contributed by atoms with Crippen LogP contribution in [-0.2, 0) is 0 Å². The molecule has 88 valence electrons. The predicted octanol–water partition coefficient (Wildman–Crippen LogP) is 3.79. The SMILES string of the molecule is CC(C)CSC(C)C(=O)c1ccc(F)cc1. The zero-order chi connectivity index (χ0) is 12.1. The molecule has 3 heteroatoms. The smallest absolute Gasteiger partial charge is 0.175 e. The molecule has 0 amide bonds. The van der Waals surface area contributed by atoms with E-state index in [9.17, 15) is 9.18 Å². The third kappa shape index (κ3) is 3.97. The second kappa shape index (κ2) is 6.04. The lowest BCUT2D eigenvalue weighted by atomic mass is 10.1. The maximum Gasteiger partial charge on any atom is 0.175 e. The van der Waals surface area contributed by atoms with Crippen LogP contribution in [0.1, 0.15) is 31.1 Å². The van der Waals surface area contributed by atoms with Crippen LogP contribution < -0.4 is 0 Å². The fraction of sp³-hybridized carbons (Fsp3) is 0.462. The summed E-state index contributed by atoms with van der Waals surface area (Å²) in [7, 11) is 0. The largest absolute Gasteiger partial charge is 0.293 e. The Kier molecular flexibility index (Phi) is 5.00. The third-order valence-corrected chi connectivity index (χ3v) is 3.75. The van der Waals surface area contributed by atoms with E-state index in [0.717, 1.165) is 5.75 Å². The van der Waals surface area contributed by atoms with Crippen molar-refractivity contribution >= 4 is 17.5 Å². The number of hydrogen-bond acceptors (Lipinski definition) is 2. The molecular formula is C13H17FOS. The molecule has 0 bridgehead atoms. The Bertz CT molecular complexity index is 345. The number of carbonyl (C=O) groups excluding carboxylic acids is 1. The lowest BCUT2D eigenvalue weighted by Gasteiger charge is -2.11. The number of Topliss-reactive ketones (excluding diaryl/α,β-unsaturated/α-hetero) is 1. The van der Waals surface area contributed by atoms with Gasteiger partial charge in [-0.25, -0.2) is 4.39 Å². The summed E-state index contributed by atoms with van der Waals surface area (Å²) >= 11 is 1.65. The molecule has 0 fully saturated rings. The highest BCUT2D eigenvalue weighted by Crippen LogP contribution is 2.19. The average molecular weight is 240 g/mol. The molecular weight excluding hydrogens is 223 g/mol. The zero-order valence-corrected chi connectivity index (χ0v) is 10.7. The van der Waals surface area contributed by atoms with Crippen LogP contribution in [0.15, 0.2) is 24.3 Å². The van der Waals surface area contributed by atoms with E-state index in [2.05, 4.69) is 13.8 Å². The van der Waals surface area contributed by atoms with Gasteiger partial charge in [0, 0.05) is 5.56 Å². The third-order valence-electron chi connectivity index (χ3n) is 2.18. The summed E-state index contributed by atoms with van der Waals surface area (Å²) < 4.78 is 12.7. The Balaban J connectivity index is 2.60. The van der Waals surface area contributed by atoms with E-state index in [1.165, 1.54) is 12.1 Å². The highest BCUT2D eigenvalue weighted by Gasteiger charge is 2.15. The number of halogens is 1. The molecule has 0 saturated carbocycles. The molecule has 1 aromatic carbocycles. The molecule has 0 aliphatic heterocycles. The Hall–Kier alpha value is -0.830. The van der Waals surface area contributed by atoms with Crippen molar-refractivity contribution in [3.05, 3.63) is 35.6 Å². The summed E-state index contributed by atoms with van der Waals surface area (Å²) in [6.07, 6.45) is 0. The molecule has 0 heterocycles. The molecule has 1 atom stereocenters. The second-order valence-electron chi connectivity index (χ2n) is 4.24. The van der Waals surface area contributed by atoms with Crippen molar-refractivity contribution in [3.63, 3.8) is 0 Å². The topological polar surface area (TPSA) is 17.1 Å². The molecule has 0 aliphatic carbocycles. The summed E-state index contributed by atoms with van der Waals surface area (Å²) in [5.41, 5.74) is 0.588. The van der Waals surface area contributed by atoms with Crippen LogP contribution in [0.4, 0.5) is 4.39 Å². The van der Waals surface area contributed by atoms with Crippen molar-refractivity contribution in [3.8, 4) is 0 Å². The molecule has 0 N–H and O–H groups in total. The molecule has 1 aromatic rings. The van der Waals surface area contributed by atoms with Crippen LogP contribution in [-0.4, -0.2) is 16.8 Å². The van der Waals surface area contributed by atoms with Crippen molar-refractivity contribution in [2.75, 3.05) is 5.75 Å². The first-order valence-corrected chi connectivity index (χ1v) is 6.47. The number of benzene rings is 1. The lowest BCUT2D eigenvalue weighted by Crippen LogP contribution is -2.15. The lowest BCUT2D eigenvalue weighted by molar-refractivity contribution is 0.0994. The Morgan fingerprint density at radius 3 is 2.31 bits per heavy atom. The highest BCUT2D eigenvalue weighted by atomic mass is 32.2. The van der Waals surface area contributed by atoms with E-state index >= 15 is 0 Å². The molecule has 16 heavy (non-hydrogen) atoms. The fourth-order valence-corrected chi connectivity index (χ4v) is 2.22. The molecule has 1 rings (SSSR count). The van der Waals surface area contributed by atoms with E-state index in [1.807, 2.05) is 6.92 Å². The van der Waals surface area contributed by atoms with E-state index in [-0.39, 0.29) is 16.9 Å². The van der Waals surface area contributed by atoms with E-state index in [1.54, 1.807) is 23.9 Å². The zero-order valence-electron chi connectivity index (χ0n) is 9.87. The maximum atomic E-state index is 12.7. The van der Waals surface area contributed by atoms with Gasteiger partial charge in [0.05, 0.1) is 5.25 Å². The van der Waals surface area contributed by atoms with Crippen LogP contribution in [0.25, 0.3) is 0 Å². The van der Waals surface area contributed by atoms with Crippen LogP contribution in [0.3, 0.4) is 0 Å². The van der Waals surface area contributed by atoms with Gasteiger partial charge < -0.3 is 0 Å². The van der Waals surface area contributed by atoms with Gasteiger partial charge in [0.1, 0.15) is 5.82 Å². The van der Waals surface area contributed by atoms with E-state index in [4.69, 9.17) is 0 Å². The Morgan fingerprint density at radius 2 is 1.81 bits per heavy atom. The monoisotopic (exact) mass is 240 g/mol. The van der Waals surface area contributed by atoms with Gasteiger partial charge in [-0.05, 0) is 42.9 Å². The van der Waals surface area contributed by atoms with Crippen LogP contribution in [0.2, 0.25) is 0 Å². The van der Waals surface area contributed by atoms with Gasteiger partial charge in [0.2, 0.25) is 0 Å². The van der Waals surface area contributed by atoms with Crippen LogP contribution >= 0.6 is 11.8 Å². The molecule has 0 saturated heterocycles. The van der Waals surface area contributed by atoms with Crippen molar-refractivity contribution < 1.29 is 9.18 Å². The van der Waals surface area contributed by atoms with Crippen molar-refractivity contribution in [2.45, 2.75) is 26.0 Å². The molecule has 0 aliphatic rings. The van der Waals surface area contributed by atoms with Crippen molar-refractivity contribution in [1.82, 2.24) is 0 Å². The minimum absolute atomic E-state index is 0.0622. The van der Waals surface area contributed by atoms with Gasteiger partial charge in [0.15, 0.2) is 5.78 Å². The molecule has 1 unspecified atom stereocenters. The summed E-state index contributed by atoms with van der Waals surface area (Å²) in [5.74, 6) is 1.31. The number of ketones is 1. The minimum Gasteiger partial charge on any atom is -0.293 e. The standard InChI is InChI=1S/C13H17FOS/c1-9(2)8-16-10(3)13(15)11-4-6-12(14)7-5-11/h4-7,9-10H,8H2,1-3H3. The molecule has 0 aromatic heterocycles. The maximum absolute atomic E-state index is 12.7. The first kappa shape index (κ1) is 13.2. The van der Waals surface area contributed by atoms with Crippen molar-refractivity contribution in [2.24, 2.45) is 5.92 Å². The van der Waals surface area contributed by atoms with Gasteiger partial charge >= 0.3 is 0 Å². The first-order chi connectivity index (χ1) is 7.50. The number of hydrogen-bond donors (Lipinski definition) is 0. The van der Waals surface area contributed by atoms with E-state index in [0.29, 0.717) is 11.5 Å². The van der Waals surface area contributed by atoms with Gasteiger partial charge in [-0.3, -0.25) is 4.79 Å². The van der Waals surface area contributed by atoms with Crippen LogP contribution in [0, 0.1) is 11.7 Å². The van der Waals surface area contributed by atoms with Gasteiger partial charge in [-0.2, -0.15) is 11.8 Å².